The van der Waals surface area contributed by atoms with Crippen LogP contribution in [0.3, 0.4) is 0 Å². The molecular weight excluding hydrogens is 180 g/mol. The van der Waals surface area contributed by atoms with E-state index in [1.54, 1.807) is 6.92 Å². The summed E-state index contributed by atoms with van der Waals surface area (Å²) >= 11 is 0. The molecule has 0 rings (SSSR count). The second-order valence-corrected chi connectivity index (χ2v) is 3.61. The van der Waals surface area contributed by atoms with Gasteiger partial charge in [-0.15, -0.1) is 0 Å². The number of hydrogen-bond donors (Lipinski definition) is 1. The average Bonchev–Trinajstić information content (AvgIpc) is 2.23. The van der Waals surface area contributed by atoms with Gasteiger partial charge in [0, 0.05) is 6.42 Å². The van der Waals surface area contributed by atoms with Crippen molar-refractivity contribution < 1.29 is 14.6 Å². The van der Waals surface area contributed by atoms with Crippen LogP contribution in [-0.4, -0.2) is 23.3 Å². The summed E-state index contributed by atoms with van der Waals surface area (Å²) < 4.78 is 4.93. The molecule has 0 aliphatic heterocycles. The normalized spacial score (nSPS) is 11.4. The summed E-state index contributed by atoms with van der Waals surface area (Å²) in [6.45, 7) is 6.15. The molecule has 0 saturated carbocycles. The van der Waals surface area contributed by atoms with E-state index in [1.807, 2.05) is 13.8 Å². The first-order valence-electron chi connectivity index (χ1n) is 5.46. The van der Waals surface area contributed by atoms with Crippen LogP contribution in [0.1, 0.15) is 52.9 Å². The standard InChI is InChI=1S/C11H22O3/c1-4-10(12)14-9-7-8-11(13,5-2)6-3/h13H,4-9H2,1-3H3. The fourth-order valence-corrected chi connectivity index (χ4v) is 1.29. The molecule has 1 N–H and O–H groups in total. The van der Waals surface area contributed by atoms with Crippen molar-refractivity contribution in [3.05, 3.63) is 0 Å². The molecule has 0 aromatic rings. The molecule has 0 unspecified atom stereocenters. The molecule has 0 fully saturated rings. The van der Waals surface area contributed by atoms with Crippen molar-refractivity contribution in [3.8, 4) is 0 Å². The second kappa shape index (κ2) is 6.82. The van der Waals surface area contributed by atoms with Crippen LogP contribution in [-0.2, 0) is 9.53 Å². The van der Waals surface area contributed by atoms with Gasteiger partial charge in [-0.2, -0.15) is 0 Å². The molecule has 0 saturated heterocycles. The smallest absolute Gasteiger partial charge is 0.305 e. The third-order valence-corrected chi connectivity index (χ3v) is 2.65. The monoisotopic (exact) mass is 202 g/mol. The molecule has 0 bridgehead atoms. The molecule has 3 heteroatoms. The number of hydrogen-bond acceptors (Lipinski definition) is 3. The van der Waals surface area contributed by atoms with E-state index in [2.05, 4.69) is 0 Å². The van der Waals surface area contributed by atoms with Gasteiger partial charge in [-0.1, -0.05) is 20.8 Å². The zero-order valence-electron chi connectivity index (χ0n) is 9.51. The lowest BCUT2D eigenvalue weighted by atomic mass is 9.92. The summed E-state index contributed by atoms with van der Waals surface area (Å²) in [5, 5.41) is 9.91. The number of carbonyl (C=O) groups is 1. The Bertz CT molecular complexity index is 162. The number of ether oxygens (including phenoxy) is 1. The molecule has 0 spiro atoms. The first kappa shape index (κ1) is 13.4. The zero-order valence-corrected chi connectivity index (χ0v) is 9.51. The Morgan fingerprint density at radius 1 is 1.29 bits per heavy atom. The topological polar surface area (TPSA) is 46.5 Å². The van der Waals surface area contributed by atoms with Crippen molar-refractivity contribution in [3.63, 3.8) is 0 Å². The molecule has 0 amide bonds. The van der Waals surface area contributed by atoms with Gasteiger partial charge in [0.05, 0.1) is 12.2 Å². The minimum atomic E-state index is -0.571. The van der Waals surface area contributed by atoms with E-state index < -0.39 is 5.60 Å². The van der Waals surface area contributed by atoms with Gasteiger partial charge in [-0.3, -0.25) is 4.79 Å². The summed E-state index contributed by atoms with van der Waals surface area (Å²) in [7, 11) is 0. The lowest BCUT2D eigenvalue weighted by Crippen LogP contribution is -2.26. The summed E-state index contributed by atoms with van der Waals surface area (Å²) in [4.78, 5) is 10.8. The van der Waals surface area contributed by atoms with Gasteiger partial charge in [-0.25, -0.2) is 0 Å². The van der Waals surface area contributed by atoms with Gasteiger partial charge in [0.25, 0.3) is 0 Å². The quantitative estimate of drug-likeness (QED) is 0.509. The molecule has 0 heterocycles. The van der Waals surface area contributed by atoms with Crippen LogP contribution in [0.4, 0.5) is 0 Å². The van der Waals surface area contributed by atoms with Gasteiger partial charge < -0.3 is 9.84 Å². The molecule has 0 aromatic heterocycles. The largest absolute Gasteiger partial charge is 0.466 e. The maximum atomic E-state index is 10.8. The first-order valence-corrected chi connectivity index (χ1v) is 5.46. The Labute approximate surface area is 86.5 Å². The summed E-state index contributed by atoms with van der Waals surface area (Å²) in [5.41, 5.74) is -0.571. The third-order valence-electron chi connectivity index (χ3n) is 2.65. The second-order valence-electron chi connectivity index (χ2n) is 3.61. The molecule has 0 aliphatic carbocycles. The van der Waals surface area contributed by atoms with Crippen LogP contribution in [0.5, 0.6) is 0 Å². The average molecular weight is 202 g/mol. The Morgan fingerprint density at radius 2 is 1.86 bits per heavy atom. The molecule has 3 nitrogen and oxygen atoms in total. The molecule has 0 radical (unpaired) electrons. The highest BCUT2D eigenvalue weighted by Crippen LogP contribution is 2.20. The Hall–Kier alpha value is -0.570. The van der Waals surface area contributed by atoms with Crippen molar-refractivity contribution in [2.45, 2.75) is 58.5 Å². The molecular formula is C11H22O3. The summed E-state index contributed by atoms with van der Waals surface area (Å²) in [6, 6.07) is 0. The molecule has 0 aliphatic rings. The van der Waals surface area contributed by atoms with E-state index in [0.717, 1.165) is 19.3 Å². The lowest BCUT2D eigenvalue weighted by Gasteiger charge is -2.24. The highest BCUT2D eigenvalue weighted by atomic mass is 16.5. The maximum absolute atomic E-state index is 10.8. The van der Waals surface area contributed by atoms with Gasteiger partial charge in [0.2, 0.25) is 0 Å². The third kappa shape index (κ3) is 5.22. The fraction of sp³-hybridized carbons (Fsp3) is 0.909. The summed E-state index contributed by atoms with van der Waals surface area (Å²) in [5.74, 6) is -0.165. The van der Waals surface area contributed by atoms with Crippen molar-refractivity contribution >= 4 is 5.97 Å². The van der Waals surface area contributed by atoms with Crippen molar-refractivity contribution in [1.29, 1.82) is 0 Å². The van der Waals surface area contributed by atoms with E-state index >= 15 is 0 Å². The van der Waals surface area contributed by atoms with E-state index in [1.165, 1.54) is 0 Å². The fourth-order valence-electron chi connectivity index (χ4n) is 1.29. The first-order chi connectivity index (χ1) is 6.58. The molecule has 84 valence electrons. The number of aliphatic hydroxyl groups is 1. The minimum absolute atomic E-state index is 0.165. The van der Waals surface area contributed by atoms with Crippen LogP contribution in [0.2, 0.25) is 0 Å². The van der Waals surface area contributed by atoms with Crippen LogP contribution in [0.15, 0.2) is 0 Å². The minimum Gasteiger partial charge on any atom is -0.466 e. The van der Waals surface area contributed by atoms with Crippen molar-refractivity contribution in [2.24, 2.45) is 0 Å². The van der Waals surface area contributed by atoms with E-state index in [4.69, 9.17) is 4.74 Å². The van der Waals surface area contributed by atoms with Gasteiger partial charge in [0.1, 0.15) is 0 Å². The van der Waals surface area contributed by atoms with Crippen LogP contribution in [0, 0.1) is 0 Å². The number of rotatable bonds is 7. The van der Waals surface area contributed by atoms with Crippen LogP contribution in [0.25, 0.3) is 0 Å². The highest BCUT2D eigenvalue weighted by Gasteiger charge is 2.21. The van der Waals surface area contributed by atoms with Crippen LogP contribution >= 0.6 is 0 Å². The zero-order chi connectivity index (χ0) is 11.0. The SMILES string of the molecule is CCC(=O)OCCCC(O)(CC)CC. The lowest BCUT2D eigenvalue weighted by molar-refractivity contribution is -0.143. The maximum Gasteiger partial charge on any atom is 0.305 e. The molecule has 14 heavy (non-hydrogen) atoms. The molecule has 0 aromatic carbocycles. The van der Waals surface area contributed by atoms with Gasteiger partial charge >= 0.3 is 5.97 Å². The number of esters is 1. The molecule has 0 atom stereocenters. The van der Waals surface area contributed by atoms with Crippen LogP contribution < -0.4 is 0 Å². The van der Waals surface area contributed by atoms with Crippen molar-refractivity contribution in [1.82, 2.24) is 0 Å². The van der Waals surface area contributed by atoms with Crippen molar-refractivity contribution in [2.75, 3.05) is 6.61 Å². The van der Waals surface area contributed by atoms with Gasteiger partial charge in [-0.05, 0) is 25.7 Å². The predicted molar refractivity (Wildman–Crippen MR) is 56.0 cm³/mol. The Balaban J connectivity index is 3.57. The van der Waals surface area contributed by atoms with Gasteiger partial charge in [0.15, 0.2) is 0 Å². The van der Waals surface area contributed by atoms with E-state index in [0.29, 0.717) is 19.4 Å². The van der Waals surface area contributed by atoms with E-state index in [-0.39, 0.29) is 5.97 Å². The Kier molecular flexibility index (Phi) is 6.54. The number of carbonyl (C=O) groups excluding carboxylic acids is 1. The van der Waals surface area contributed by atoms with E-state index in [9.17, 15) is 9.90 Å². The Morgan fingerprint density at radius 3 is 2.29 bits per heavy atom. The highest BCUT2D eigenvalue weighted by molar-refractivity contribution is 5.68. The summed E-state index contributed by atoms with van der Waals surface area (Å²) in [6.07, 6.45) is 3.38. The predicted octanol–water partition coefficient (Wildman–Crippen LogP) is 2.27.